The Bertz CT molecular complexity index is 847. The fraction of sp³-hybridized carbons (Fsp3) is 0.133. The van der Waals surface area contributed by atoms with Crippen LogP contribution in [-0.4, -0.2) is 22.1 Å². The molecule has 1 aromatic heterocycles. The third kappa shape index (κ3) is 3.58. The van der Waals surface area contributed by atoms with Crippen molar-refractivity contribution in [3.63, 3.8) is 0 Å². The van der Waals surface area contributed by atoms with Crippen LogP contribution >= 0.6 is 34.8 Å². The lowest BCUT2D eigenvalue weighted by Gasteiger charge is -2.12. The van der Waals surface area contributed by atoms with Gasteiger partial charge in [-0.05, 0) is 11.5 Å². The molecule has 0 amide bonds. The summed E-state index contributed by atoms with van der Waals surface area (Å²) in [5.74, 6) is 0.496. The zero-order valence-electron chi connectivity index (χ0n) is 11.8. The van der Waals surface area contributed by atoms with Gasteiger partial charge in [-0.15, -0.1) is 4.98 Å². The summed E-state index contributed by atoms with van der Waals surface area (Å²) in [4.78, 5) is 12.0. The average molecular weight is 371 g/mol. The summed E-state index contributed by atoms with van der Waals surface area (Å²) >= 11 is 17.5. The molecule has 1 heterocycles. The summed E-state index contributed by atoms with van der Waals surface area (Å²) in [5.41, 5.74) is 0. The second-order valence-electron chi connectivity index (χ2n) is 4.51. The van der Waals surface area contributed by atoms with Gasteiger partial charge >= 0.3 is 12.0 Å². The number of aromatic nitrogens is 3. The summed E-state index contributed by atoms with van der Waals surface area (Å²) in [6.45, 7) is 0. The number of fused-ring (bicyclic) bond motifs is 1. The molecular weight excluding hydrogens is 361 g/mol. The van der Waals surface area contributed by atoms with E-state index in [9.17, 15) is 0 Å². The number of hydrogen-bond acceptors (Lipinski definition) is 5. The zero-order chi connectivity index (χ0) is 16.4. The molecule has 3 rings (SSSR count). The highest BCUT2D eigenvalue weighted by molar-refractivity contribution is 6.66. The molecule has 0 atom stereocenters. The highest BCUT2D eigenvalue weighted by Crippen LogP contribution is 2.37. The maximum Gasteiger partial charge on any atom is 0.328 e. The summed E-state index contributed by atoms with van der Waals surface area (Å²) in [5, 5.41) is 1.93. The lowest BCUT2D eigenvalue weighted by Crippen LogP contribution is -2.10. The minimum atomic E-state index is -1.81. The number of benzene rings is 2. The molecule has 0 aliphatic carbocycles. The van der Waals surface area contributed by atoms with Crippen LogP contribution in [0.4, 0.5) is 0 Å². The SMILES string of the molecule is COc1nc(Oc2cccc3ccccc23)nc(C(Cl)(Cl)Cl)n1. The van der Waals surface area contributed by atoms with Crippen molar-refractivity contribution in [2.45, 2.75) is 3.79 Å². The lowest BCUT2D eigenvalue weighted by molar-refractivity contribution is 0.356. The van der Waals surface area contributed by atoms with Gasteiger partial charge in [-0.25, -0.2) is 0 Å². The molecule has 0 bridgehead atoms. The van der Waals surface area contributed by atoms with Crippen LogP contribution in [0.25, 0.3) is 10.8 Å². The van der Waals surface area contributed by atoms with Crippen LogP contribution in [0.1, 0.15) is 5.82 Å². The highest BCUT2D eigenvalue weighted by atomic mass is 35.6. The molecular formula is C15H10Cl3N3O2. The van der Waals surface area contributed by atoms with Crippen molar-refractivity contribution in [1.29, 1.82) is 0 Å². The zero-order valence-corrected chi connectivity index (χ0v) is 14.1. The monoisotopic (exact) mass is 369 g/mol. The van der Waals surface area contributed by atoms with Gasteiger partial charge in [0.25, 0.3) is 0 Å². The molecule has 0 unspecified atom stereocenters. The molecule has 0 fully saturated rings. The van der Waals surface area contributed by atoms with Gasteiger partial charge in [0.1, 0.15) is 5.75 Å². The molecule has 0 radical (unpaired) electrons. The second-order valence-corrected chi connectivity index (χ2v) is 6.79. The number of halogens is 3. The molecule has 3 aromatic rings. The first kappa shape index (κ1) is 16.1. The molecule has 118 valence electrons. The van der Waals surface area contributed by atoms with E-state index in [1.807, 2.05) is 36.4 Å². The number of rotatable bonds is 3. The van der Waals surface area contributed by atoms with Crippen molar-refractivity contribution >= 4 is 45.6 Å². The highest BCUT2D eigenvalue weighted by Gasteiger charge is 2.29. The first-order valence-electron chi connectivity index (χ1n) is 6.50. The van der Waals surface area contributed by atoms with Gasteiger partial charge in [-0.1, -0.05) is 71.2 Å². The molecule has 2 aromatic carbocycles. The Labute approximate surface area is 147 Å². The van der Waals surface area contributed by atoms with Gasteiger partial charge in [0.05, 0.1) is 7.11 Å². The Hall–Kier alpha value is -1.82. The van der Waals surface area contributed by atoms with Gasteiger partial charge in [-0.2, -0.15) is 9.97 Å². The largest absolute Gasteiger partial charge is 0.467 e. The third-order valence-electron chi connectivity index (χ3n) is 2.98. The van der Waals surface area contributed by atoms with Crippen LogP contribution in [0, 0.1) is 0 Å². The molecule has 0 N–H and O–H groups in total. The van der Waals surface area contributed by atoms with Crippen molar-refractivity contribution in [3.05, 3.63) is 48.3 Å². The smallest absolute Gasteiger partial charge is 0.328 e. The third-order valence-corrected chi connectivity index (χ3v) is 3.49. The van der Waals surface area contributed by atoms with Gasteiger partial charge in [-0.3, -0.25) is 0 Å². The summed E-state index contributed by atoms with van der Waals surface area (Å²) in [6, 6.07) is 13.4. The van der Waals surface area contributed by atoms with Crippen molar-refractivity contribution in [1.82, 2.24) is 15.0 Å². The Morgan fingerprint density at radius 3 is 2.30 bits per heavy atom. The molecule has 0 saturated carbocycles. The summed E-state index contributed by atoms with van der Waals surface area (Å²) in [6.07, 6.45) is 0. The summed E-state index contributed by atoms with van der Waals surface area (Å²) in [7, 11) is 1.40. The Morgan fingerprint density at radius 2 is 1.57 bits per heavy atom. The van der Waals surface area contributed by atoms with Crippen LogP contribution in [0.3, 0.4) is 0 Å². The van der Waals surface area contributed by atoms with Crippen LogP contribution in [0.5, 0.6) is 17.8 Å². The average Bonchev–Trinajstić information content (AvgIpc) is 2.54. The van der Waals surface area contributed by atoms with Crippen LogP contribution in [0.15, 0.2) is 42.5 Å². The van der Waals surface area contributed by atoms with Gasteiger partial charge in [0.15, 0.2) is 5.82 Å². The Balaban J connectivity index is 2.05. The fourth-order valence-electron chi connectivity index (χ4n) is 1.98. The first-order valence-corrected chi connectivity index (χ1v) is 7.63. The van der Waals surface area contributed by atoms with Crippen molar-refractivity contribution < 1.29 is 9.47 Å². The molecule has 0 spiro atoms. The summed E-state index contributed by atoms with van der Waals surface area (Å²) < 4.78 is 8.94. The van der Waals surface area contributed by atoms with Crippen molar-refractivity contribution in [2.24, 2.45) is 0 Å². The van der Waals surface area contributed by atoms with Crippen LogP contribution < -0.4 is 9.47 Å². The molecule has 0 saturated heterocycles. The molecule has 8 heteroatoms. The van der Waals surface area contributed by atoms with E-state index in [0.717, 1.165) is 10.8 Å². The number of alkyl halides is 3. The van der Waals surface area contributed by atoms with E-state index in [1.54, 1.807) is 6.07 Å². The number of methoxy groups -OCH3 is 1. The van der Waals surface area contributed by atoms with E-state index in [2.05, 4.69) is 15.0 Å². The first-order chi connectivity index (χ1) is 11.0. The normalized spacial score (nSPS) is 11.5. The molecule has 5 nitrogen and oxygen atoms in total. The van der Waals surface area contributed by atoms with Crippen molar-refractivity contribution in [3.8, 4) is 17.8 Å². The van der Waals surface area contributed by atoms with Crippen LogP contribution in [-0.2, 0) is 3.79 Å². The van der Waals surface area contributed by atoms with Gasteiger partial charge in [0, 0.05) is 5.39 Å². The van der Waals surface area contributed by atoms with Gasteiger partial charge in [0.2, 0.25) is 3.79 Å². The predicted molar refractivity (Wildman–Crippen MR) is 89.6 cm³/mol. The van der Waals surface area contributed by atoms with E-state index in [-0.39, 0.29) is 17.8 Å². The maximum atomic E-state index is 5.82. The van der Waals surface area contributed by atoms with E-state index >= 15 is 0 Å². The fourth-order valence-corrected chi connectivity index (χ4v) is 2.24. The minimum absolute atomic E-state index is 0.00318. The van der Waals surface area contributed by atoms with Gasteiger partial charge < -0.3 is 9.47 Å². The molecule has 0 aliphatic heterocycles. The second kappa shape index (κ2) is 6.35. The number of nitrogens with zero attached hydrogens (tertiary/aromatic N) is 3. The standard InChI is InChI=1S/C15H10Cl3N3O2/c1-22-13-19-12(15(16,17)18)20-14(21-13)23-11-8-4-6-9-5-2-3-7-10(9)11/h2-8H,1H3. The predicted octanol–water partition coefficient (Wildman–Crippen LogP) is 4.65. The van der Waals surface area contributed by atoms with Crippen LogP contribution in [0.2, 0.25) is 0 Å². The van der Waals surface area contributed by atoms with E-state index in [4.69, 9.17) is 44.3 Å². The topological polar surface area (TPSA) is 57.1 Å². The Morgan fingerprint density at radius 1 is 0.870 bits per heavy atom. The van der Waals surface area contributed by atoms with E-state index in [1.165, 1.54) is 7.11 Å². The molecule has 23 heavy (non-hydrogen) atoms. The lowest BCUT2D eigenvalue weighted by atomic mass is 10.1. The Kier molecular flexibility index (Phi) is 4.43. The molecule has 0 aliphatic rings. The minimum Gasteiger partial charge on any atom is -0.467 e. The van der Waals surface area contributed by atoms with E-state index in [0.29, 0.717) is 5.75 Å². The number of ether oxygens (including phenoxy) is 2. The quantitative estimate of drug-likeness (QED) is 0.628. The maximum absolute atomic E-state index is 5.82. The van der Waals surface area contributed by atoms with E-state index < -0.39 is 3.79 Å². The number of hydrogen-bond donors (Lipinski definition) is 0. The van der Waals surface area contributed by atoms with Crippen molar-refractivity contribution in [2.75, 3.05) is 7.11 Å².